The van der Waals surface area contributed by atoms with E-state index in [0.29, 0.717) is 5.02 Å². The maximum Gasteiger partial charge on any atom is 0.387 e. The minimum absolute atomic E-state index is 0.108. The summed E-state index contributed by atoms with van der Waals surface area (Å²) in [6.07, 6.45) is 0. The van der Waals surface area contributed by atoms with Gasteiger partial charge in [-0.1, -0.05) is 23.7 Å². The first-order chi connectivity index (χ1) is 8.97. The van der Waals surface area contributed by atoms with Crippen molar-refractivity contribution in [1.82, 2.24) is 0 Å². The number of ether oxygens (including phenoxy) is 1. The zero-order valence-corrected chi connectivity index (χ0v) is 12.6. The topological polar surface area (TPSA) is 35.2 Å². The fourth-order valence-corrected chi connectivity index (χ4v) is 3.31. The lowest BCUT2D eigenvalue weighted by Gasteiger charge is -2.11. The van der Waals surface area contributed by atoms with Crippen molar-refractivity contribution < 1.29 is 13.5 Å². The number of alkyl halides is 2. The smallest absolute Gasteiger partial charge is 0.387 e. The molecule has 0 aliphatic carbocycles. The standard InChI is InChI=1S/C12H9BrClF2NOS/c13-11-8(14)5-9(19-11)10(17)6-1-3-7(4-2-6)18-12(15)16/h1-5,10,12H,17H2. The van der Waals surface area contributed by atoms with Gasteiger partial charge in [0.1, 0.15) is 5.75 Å². The Balaban J connectivity index is 2.17. The Bertz CT molecular complexity index is 542. The Labute approximate surface area is 126 Å². The van der Waals surface area contributed by atoms with E-state index in [-0.39, 0.29) is 11.8 Å². The molecule has 2 rings (SSSR count). The summed E-state index contributed by atoms with van der Waals surface area (Å²) in [4.78, 5) is 0.888. The molecule has 7 heteroatoms. The Hall–Kier alpha value is -0.690. The van der Waals surface area contributed by atoms with Crippen LogP contribution in [0.25, 0.3) is 0 Å². The first-order valence-corrected chi connectivity index (χ1v) is 7.21. The third kappa shape index (κ3) is 3.66. The van der Waals surface area contributed by atoms with Gasteiger partial charge in [-0.05, 0) is 39.7 Å². The zero-order valence-electron chi connectivity index (χ0n) is 9.45. The van der Waals surface area contributed by atoms with Crippen molar-refractivity contribution in [2.45, 2.75) is 12.7 Å². The highest BCUT2D eigenvalue weighted by Crippen LogP contribution is 2.36. The predicted molar refractivity (Wildman–Crippen MR) is 76.1 cm³/mol. The molecule has 2 aromatic rings. The van der Waals surface area contributed by atoms with Gasteiger partial charge >= 0.3 is 6.61 Å². The van der Waals surface area contributed by atoms with E-state index in [2.05, 4.69) is 20.7 Å². The molecule has 0 bridgehead atoms. The normalized spacial score (nSPS) is 12.7. The third-order valence-electron chi connectivity index (χ3n) is 2.44. The molecule has 0 aliphatic rings. The van der Waals surface area contributed by atoms with E-state index in [9.17, 15) is 8.78 Å². The summed E-state index contributed by atoms with van der Waals surface area (Å²) in [6.45, 7) is -2.83. The first kappa shape index (κ1) is 14.7. The SMILES string of the molecule is NC(c1ccc(OC(F)F)cc1)c1cc(Cl)c(Br)s1. The summed E-state index contributed by atoms with van der Waals surface area (Å²) in [6, 6.07) is 7.67. The van der Waals surface area contributed by atoms with Crippen LogP contribution < -0.4 is 10.5 Å². The van der Waals surface area contributed by atoms with Crippen LogP contribution in [0.3, 0.4) is 0 Å². The summed E-state index contributed by atoms with van der Waals surface area (Å²) in [5.74, 6) is 0.108. The minimum atomic E-state index is -2.83. The quantitative estimate of drug-likeness (QED) is 0.840. The Morgan fingerprint density at radius 2 is 1.89 bits per heavy atom. The van der Waals surface area contributed by atoms with Gasteiger partial charge in [-0.2, -0.15) is 8.78 Å². The van der Waals surface area contributed by atoms with Crippen molar-refractivity contribution in [3.8, 4) is 5.75 Å². The van der Waals surface area contributed by atoms with Crippen LogP contribution in [-0.4, -0.2) is 6.61 Å². The minimum Gasteiger partial charge on any atom is -0.435 e. The molecule has 0 spiro atoms. The van der Waals surface area contributed by atoms with Gasteiger partial charge in [-0.3, -0.25) is 0 Å². The fraction of sp³-hybridized carbons (Fsp3) is 0.167. The van der Waals surface area contributed by atoms with Gasteiger partial charge in [0.05, 0.1) is 14.9 Å². The monoisotopic (exact) mass is 367 g/mol. The molecule has 19 heavy (non-hydrogen) atoms. The summed E-state index contributed by atoms with van der Waals surface area (Å²) in [5.41, 5.74) is 6.89. The van der Waals surface area contributed by atoms with Crippen molar-refractivity contribution in [3.63, 3.8) is 0 Å². The van der Waals surface area contributed by atoms with Crippen molar-refractivity contribution in [2.75, 3.05) is 0 Å². The molecule has 1 atom stereocenters. The third-order valence-corrected chi connectivity index (χ3v) is 4.99. The first-order valence-electron chi connectivity index (χ1n) is 5.22. The van der Waals surface area contributed by atoms with Crippen LogP contribution >= 0.6 is 38.9 Å². The number of halogens is 4. The molecule has 0 saturated carbocycles. The molecule has 1 aromatic carbocycles. The van der Waals surface area contributed by atoms with Gasteiger partial charge in [-0.25, -0.2) is 0 Å². The fourth-order valence-electron chi connectivity index (χ4n) is 1.54. The Morgan fingerprint density at radius 1 is 1.26 bits per heavy atom. The van der Waals surface area contributed by atoms with Crippen molar-refractivity contribution in [1.29, 1.82) is 0 Å². The summed E-state index contributed by atoms with van der Waals surface area (Å²) in [5, 5.41) is 0.605. The maximum atomic E-state index is 12.0. The molecule has 1 aromatic heterocycles. The van der Waals surface area contributed by atoms with E-state index in [0.717, 1.165) is 14.2 Å². The molecule has 0 radical (unpaired) electrons. The summed E-state index contributed by atoms with van der Waals surface area (Å²) >= 11 is 10.7. The molecular weight excluding hydrogens is 360 g/mol. The van der Waals surface area contributed by atoms with Crippen LogP contribution in [0.5, 0.6) is 5.75 Å². The van der Waals surface area contributed by atoms with Crippen LogP contribution in [0, 0.1) is 0 Å². The molecule has 1 heterocycles. The van der Waals surface area contributed by atoms with Crippen LogP contribution in [0.15, 0.2) is 34.1 Å². The molecule has 2 nitrogen and oxygen atoms in total. The largest absolute Gasteiger partial charge is 0.435 e. The highest BCUT2D eigenvalue weighted by Gasteiger charge is 2.14. The molecule has 2 N–H and O–H groups in total. The van der Waals surface area contributed by atoms with Crippen molar-refractivity contribution in [2.24, 2.45) is 5.73 Å². The van der Waals surface area contributed by atoms with E-state index < -0.39 is 6.61 Å². The molecule has 0 amide bonds. The van der Waals surface area contributed by atoms with Gasteiger partial charge in [0.15, 0.2) is 0 Å². The van der Waals surface area contributed by atoms with E-state index in [1.54, 1.807) is 18.2 Å². The van der Waals surface area contributed by atoms with Gasteiger partial charge in [0.25, 0.3) is 0 Å². The number of rotatable bonds is 4. The van der Waals surface area contributed by atoms with Gasteiger partial charge in [-0.15, -0.1) is 11.3 Å². The average molecular weight is 369 g/mol. The molecule has 0 saturated heterocycles. The number of thiophene rings is 1. The number of benzene rings is 1. The van der Waals surface area contributed by atoms with Gasteiger partial charge < -0.3 is 10.5 Å². The molecule has 0 aliphatic heterocycles. The van der Waals surface area contributed by atoms with Gasteiger partial charge in [0.2, 0.25) is 0 Å². The number of nitrogens with two attached hydrogens (primary N) is 1. The maximum absolute atomic E-state index is 12.0. The van der Waals surface area contributed by atoms with Crippen LogP contribution in [0.1, 0.15) is 16.5 Å². The molecule has 102 valence electrons. The second kappa shape index (κ2) is 6.17. The highest BCUT2D eigenvalue weighted by molar-refractivity contribution is 9.11. The Morgan fingerprint density at radius 3 is 2.37 bits per heavy atom. The Kier molecular flexibility index (Phi) is 4.78. The summed E-state index contributed by atoms with van der Waals surface area (Å²) < 4.78 is 29.1. The van der Waals surface area contributed by atoms with E-state index in [1.165, 1.54) is 23.5 Å². The molecule has 1 unspecified atom stereocenters. The second-order valence-corrected chi connectivity index (χ2v) is 6.50. The van der Waals surface area contributed by atoms with Crippen molar-refractivity contribution in [3.05, 3.63) is 49.6 Å². The van der Waals surface area contributed by atoms with Crippen LogP contribution in [0.4, 0.5) is 8.78 Å². The van der Waals surface area contributed by atoms with E-state index in [4.69, 9.17) is 17.3 Å². The number of hydrogen-bond donors (Lipinski definition) is 1. The predicted octanol–water partition coefficient (Wildman–Crippen LogP) is 4.81. The van der Waals surface area contributed by atoms with Crippen molar-refractivity contribution >= 4 is 38.9 Å². The number of hydrogen-bond acceptors (Lipinski definition) is 3. The highest BCUT2D eigenvalue weighted by atomic mass is 79.9. The lowest BCUT2D eigenvalue weighted by molar-refractivity contribution is -0.0498. The zero-order chi connectivity index (χ0) is 14.0. The summed E-state index contributed by atoms with van der Waals surface area (Å²) in [7, 11) is 0. The molecular formula is C12H9BrClF2NOS. The molecule has 0 fully saturated rings. The van der Waals surface area contributed by atoms with E-state index >= 15 is 0 Å². The second-order valence-electron chi connectivity index (χ2n) is 3.70. The van der Waals surface area contributed by atoms with Gasteiger partial charge in [0, 0.05) is 4.88 Å². The van der Waals surface area contributed by atoms with E-state index in [1.807, 2.05) is 0 Å². The lowest BCUT2D eigenvalue weighted by atomic mass is 10.1. The average Bonchev–Trinajstić information content (AvgIpc) is 2.69. The van der Waals surface area contributed by atoms with Crippen LogP contribution in [-0.2, 0) is 0 Å². The van der Waals surface area contributed by atoms with Crippen LogP contribution in [0.2, 0.25) is 5.02 Å². The lowest BCUT2D eigenvalue weighted by Crippen LogP contribution is -2.10.